The van der Waals surface area contributed by atoms with Gasteiger partial charge in [-0.1, -0.05) is 11.2 Å². The molecular weight excluding hydrogens is 282 g/mol. The van der Waals surface area contributed by atoms with Crippen LogP contribution in [0.4, 0.5) is 5.82 Å². The van der Waals surface area contributed by atoms with Crippen molar-refractivity contribution in [3.63, 3.8) is 0 Å². The van der Waals surface area contributed by atoms with Crippen molar-refractivity contribution < 1.29 is 9.26 Å². The summed E-state index contributed by atoms with van der Waals surface area (Å²) in [5.41, 5.74) is 1.86. The first-order valence-electron chi connectivity index (χ1n) is 6.76. The van der Waals surface area contributed by atoms with Gasteiger partial charge >= 0.3 is 0 Å². The molecule has 0 aliphatic carbocycles. The number of rotatable bonds is 6. The molecule has 3 heterocycles. The predicted octanol–water partition coefficient (Wildman–Crippen LogP) is 2.29. The Hall–Kier alpha value is -2.80. The lowest BCUT2D eigenvalue weighted by atomic mass is 10.2. The molecule has 112 valence electrons. The van der Waals surface area contributed by atoms with Gasteiger partial charge in [0.15, 0.2) is 5.82 Å². The molecule has 0 bridgehead atoms. The molecule has 0 atom stereocenters. The SMILES string of the molecule is COCc1noc(-c2ccc(NCc3cccnc3)nc2)n1. The van der Waals surface area contributed by atoms with Crippen molar-refractivity contribution in [1.29, 1.82) is 0 Å². The Kier molecular flexibility index (Phi) is 4.35. The first kappa shape index (κ1) is 14.2. The minimum Gasteiger partial charge on any atom is -0.377 e. The molecule has 0 aromatic carbocycles. The summed E-state index contributed by atoms with van der Waals surface area (Å²) in [5.74, 6) is 1.71. The number of hydrogen-bond donors (Lipinski definition) is 1. The zero-order chi connectivity index (χ0) is 15.2. The lowest BCUT2D eigenvalue weighted by Crippen LogP contribution is -2.01. The Morgan fingerprint density at radius 1 is 1.23 bits per heavy atom. The van der Waals surface area contributed by atoms with E-state index in [1.54, 1.807) is 19.5 Å². The van der Waals surface area contributed by atoms with Crippen LogP contribution >= 0.6 is 0 Å². The first-order valence-corrected chi connectivity index (χ1v) is 6.76. The van der Waals surface area contributed by atoms with Crippen molar-refractivity contribution in [1.82, 2.24) is 20.1 Å². The van der Waals surface area contributed by atoms with E-state index in [1.165, 1.54) is 0 Å². The number of aromatic nitrogens is 4. The van der Waals surface area contributed by atoms with Crippen LogP contribution in [0.1, 0.15) is 11.4 Å². The summed E-state index contributed by atoms with van der Waals surface area (Å²) in [6.07, 6.45) is 5.26. The van der Waals surface area contributed by atoms with Gasteiger partial charge in [0.05, 0.1) is 5.56 Å². The van der Waals surface area contributed by atoms with Gasteiger partial charge in [0.25, 0.3) is 5.89 Å². The van der Waals surface area contributed by atoms with E-state index in [4.69, 9.17) is 9.26 Å². The minimum absolute atomic E-state index is 0.321. The molecule has 1 N–H and O–H groups in total. The number of nitrogens with zero attached hydrogens (tertiary/aromatic N) is 4. The predicted molar refractivity (Wildman–Crippen MR) is 79.8 cm³/mol. The first-order chi connectivity index (χ1) is 10.8. The molecule has 0 unspecified atom stereocenters. The van der Waals surface area contributed by atoms with Crippen molar-refractivity contribution in [2.75, 3.05) is 12.4 Å². The molecule has 0 fully saturated rings. The Bertz CT molecular complexity index is 712. The van der Waals surface area contributed by atoms with E-state index in [-0.39, 0.29) is 0 Å². The fraction of sp³-hybridized carbons (Fsp3) is 0.200. The van der Waals surface area contributed by atoms with E-state index >= 15 is 0 Å². The van der Waals surface area contributed by atoms with Gasteiger partial charge in [0.2, 0.25) is 0 Å². The third-order valence-electron chi connectivity index (χ3n) is 2.95. The zero-order valence-corrected chi connectivity index (χ0v) is 12.1. The van der Waals surface area contributed by atoms with Crippen LogP contribution in [0.2, 0.25) is 0 Å². The van der Waals surface area contributed by atoms with Crippen molar-refractivity contribution in [2.24, 2.45) is 0 Å². The molecule has 0 spiro atoms. The van der Waals surface area contributed by atoms with Crippen LogP contribution in [-0.4, -0.2) is 27.2 Å². The molecule has 22 heavy (non-hydrogen) atoms. The van der Waals surface area contributed by atoms with Gasteiger partial charge < -0.3 is 14.6 Å². The molecule has 0 aliphatic rings. The van der Waals surface area contributed by atoms with Gasteiger partial charge in [0, 0.05) is 32.2 Å². The maximum absolute atomic E-state index is 5.16. The second-order valence-electron chi connectivity index (χ2n) is 4.60. The molecule has 7 nitrogen and oxygen atoms in total. The minimum atomic E-state index is 0.321. The fourth-order valence-corrected chi connectivity index (χ4v) is 1.88. The van der Waals surface area contributed by atoms with Crippen molar-refractivity contribution >= 4 is 5.82 Å². The van der Waals surface area contributed by atoms with E-state index in [0.717, 1.165) is 16.9 Å². The average Bonchev–Trinajstić information content (AvgIpc) is 3.03. The van der Waals surface area contributed by atoms with Gasteiger partial charge in [0.1, 0.15) is 12.4 Å². The van der Waals surface area contributed by atoms with E-state index < -0.39 is 0 Å². The topological polar surface area (TPSA) is 86.0 Å². The lowest BCUT2D eigenvalue weighted by molar-refractivity contribution is 0.174. The summed E-state index contributed by atoms with van der Waals surface area (Å²) in [5, 5.41) is 7.05. The molecule has 0 saturated heterocycles. The highest BCUT2D eigenvalue weighted by Crippen LogP contribution is 2.18. The smallest absolute Gasteiger partial charge is 0.259 e. The number of anilines is 1. The molecule has 3 aromatic rings. The van der Waals surface area contributed by atoms with E-state index in [0.29, 0.717) is 24.9 Å². The van der Waals surface area contributed by atoms with Crippen LogP contribution in [0.3, 0.4) is 0 Å². The highest BCUT2D eigenvalue weighted by atomic mass is 16.5. The molecule has 0 radical (unpaired) electrons. The van der Waals surface area contributed by atoms with Crippen LogP contribution in [0.25, 0.3) is 11.5 Å². The summed E-state index contributed by atoms with van der Waals surface area (Å²) in [6.45, 7) is 0.987. The third kappa shape index (κ3) is 3.44. The average molecular weight is 297 g/mol. The molecule has 0 amide bonds. The van der Waals surface area contributed by atoms with Gasteiger partial charge in [-0.3, -0.25) is 4.98 Å². The Morgan fingerprint density at radius 2 is 2.18 bits per heavy atom. The molecule has 0 aliphatic heterocycles. The van der Waals surface area contributed by atoms with Gasteiger partial charge in [-0.25, -0.2) is 4.98 Å². The lowest BCUT2D eigenvalue weighted by Gasteiger charge is -2.05. The summed E-state index contributed by atoms with van der Waals surface area (Å²) < 4.78 is 10.1. The summed E-state index contributed by atoms with van der Waals surface area (Å²) >= 11 is 0. The number of hydrogen-bond acceptors (Lipinski definition) is 7. The fourth-order valence-electron chi connectivity index (χ4n) is 1.88. The zero-order valence-electron chi connectivity index (χ0n) is 12.1. The summed E-state index contributed by atoms with van der Waals surface area (Å²) in [4.78, 5) is 12.6. The molecular formula is C15H15N5O2. The van der Waals surface area contributed by atoms with Gasteiger partial charge in [-0.15, -0.1) is 0 Å². The highest BCUT2D eigenvalue weighted by Gasteiger charge is 2.09. The molecule has 3 aromatic heterocycles. The maximum atomic E-state index is 5.16. The van der Waals surface area contributed by atoms with Crippen LogP contribution in [0.15, 0.2) is 47.4 Å². The normalized spacial score (nSPS) is 10.6. The van der Waals surface area contributed by atoms with Gasteiger partial charge in [-0.2, -0.15) is 4.98 Å². The Balaban J connectivity index is 1.64. The van der Waals surface area contributed by atoms with Crippen LogP contribution < -0.4 is 5.32 Å². The Morgan fingerprint density at radius 3 is 2.91 bits per heavy atom. The number of ether oxygens (including phenoxy) is 1. The molecule has 7 heteroatoms. The molecule has 0 saturated carbocycles. The summed E-state index contributed by atoms with van der Waals surface area (Å²) in [7, 11) is 1.58. The second-order valence-corrected chi connectivity index (χ2v) is 4.60. The number of nitrogens with one attached hydrogen (secondary N) is 1. The third-order valence-corrected chi connectivity index (χ3v) is 2.95. The van der Waals surface area contributed by atoms with Crippen LogP contribution in [-0.2, 0) is 17.9 Å². The maximum Gasteiger partial charge on any atom is 0.259 e. The van der Waals surface area contributed by atoms with E-state index in [1.807, 2.05) is 30.5 Å². The quantitative estimate of drug-likeness (QED) is 0.747. The van der Waals surface area contributed by atoms with Crippen molar-refractivity contribution in [2.45, 2.75) is 13.2 Å². The highest BCUT2D eigenvalue weighted by molar-refractivity contribution is 5.54. The van der Waals surface area contributed by atoms with Crippen LogP contribution in [0, 0.1) is 0 Å². The number of methoxy groups -OCH3 is 1. The summed E-state index contributed by atoms with van der Waals surface area (Å²) in [6, 6.07) is 7.65. The largest absolute Gasteiger partial charge is 0.377 e. The van der Waals surface area contributed by atoms with Crippen LogP contribution in [0.5, 0.6) is 0 Å². The monoisotopic (exact) mass is 297 g/mol. The standard InChI is InChI=1S/C15H15N5O2/c1-21-10-14-19-15(22-20-14)12-4-5-13(18-9-12)17-8-11-3-2-6-16-7-11/h2-7,9H,8,10H2,1H3,(H,17,18). The number of pyridine rings is 2. The molecule has 3 rings (SSSR count). The second kappa shape index (κ2) is 6.77. The van der Waals surface area contributed by atoms with Crippen molar-refractivity contribution in [3.05, 3.63) is 54.2 Å². The van der Waals surface area contributed by atoms with E-state index in [9.17, 15) is 0 Å². The van der Waals surface area contributed by atoms with Gasteiger partial charge in [-0.05, 0) is 23.8 Å². The van der Waals surface area contributed by atoms with Crippen molar-refractivity contribution in [3.8, 4) is 11.5 Å². The van der Waals surface area contributed by atoms with E-state index in [2.05, 4.69) is 25.4 Å². The Labute approximate surface area is 127 Å².